The lowest BCUT2D eigenvalue weighted by molar-refractivity contribution is 0.625. The predicted octanol–water partition coefficient (Wildman–Crippen LogP) is 2.75. The third-order valence-corrected chi connectivity index (χ3v) is 2.68. The van der Waals surface area contributed by atoms with E-state index in [9.17, 15) is 4.39 Å². The molecule has 2 nitrogen and oxygen atoms in total. The minimum atomic E-state index is -0.255. The van der Waals surface area contributed by atoms with E-state index >= 15 is 0 Å². The van der Waals surface area contributed by atoms with E-state index in [0.717, 1.165) is 16.9 Å². The molecule has 0 spiro atoms. The summed E-state index contributed by atoms with van der Waals surface area (Å²) in [5.74, 6) is 0.385. The summed E-state index contributed by atoms with van der Waals surface area (Å²) >= 11 is 4.20. The van der Waals surface area contributed by atoms with Gasteiger partial charge in [-0.1, -0.05) is 6.07 Å². The van der Waals surface area contributed by atoms with Gasteiger partial charge in [0.05, 0.1) is 11.9 Å². The van der Waals surface area contributed by atoms with Gasteiger partial charge in [0.1, 0.15) is 5.82 Å². The minimum absolute atomic E-state index is 0.255. The van der Waals surface area contributed by atoms with Crippen LogP contribution in [0.4, 0.5) is 4.39 Å². The van der Waals surface area contributed by atoms with Crippen molar-refractivity contribution in [1.29, 1.82) is 0 Å². The third kappa shape index (κ3) is 1.90. The van der Waals surface area contributed by atoms with Gasteiger partial charge in [0.2, 0.25) is 0 Å². The topological polar surface area (TPSA) is 17.8 Å². The summed E-state index contributed by atoms with van der Waals surface area (Å²) in [4.78, 5) is 0. The van der Waals surface area contributed by atoms with Crippen LogP contribution in [-0.4, -0.2) is 9.78 Å². The Morgan fingerprint density at radius 2 is 2.27 bits per heavy atom. The van der Waals surface area contributed by atoms with Gasteiger partial charge in [-0.15, -0.1) is 0 Å². The van der Waals surface area contributed by atoms with Crippen LogP contribution in [0.25, 0.3) is 5.69 Å². The highest BCUT2D eigenvalue weighted by Gasteiger charge is 2.06. The second-order valence-electron chi connectivity index (χ2n) is 3.31. The maximum Gasteiger partial charge on any atom is 0.125 e. The SMILES string of the molecule is Cc1c(CS)cnn1-c1cccc(F)c1. The maximum absolute atomic E-state index is 13.0. The summed E-state index contributed by atoms with van der Waals surface area (Å²) in [6.07, 6.45) is 1.76. The van der Waals surface area contributed by atoms with Gasteiger partial charge in [-0.2, -0.15) is 17.7 Å². The molecular weight excluding hydrogens is 211 g/mol. The molecule has 0 atom stereocenters. The number of hydrogen-bond acceptors (Lipinski definition) is 2. The molecule has 0 saturated carbocycles. The number of benzene rings is 1. The molecular formula is C11H11FN2S. The molecule has 0 aliphatic rings. The Morgan fingerprint density at radius 1 is 1.47 bits per heavy atom. The van der Waals surface area contributed by atoms with E-state index in [4.69, 9.17) is 0 Å². The standard InChI is InChI=1S/C11H11FN2S/c1-8-9(7-15)6-13-14(8)11-4-2-3-10(12)5-11/h2-6,15H,7H2,1H3. The van der Waals surface area contributed by atoms with Crippen molar-refractivity contribution in [2.24, 2.45) is 0 Å². The molecule has 0 radical (unpaired) electrons. The summed E-state index contributed by atoms with van der Waals surface area (Å²) in [6, 6.07) is 6.38. The summed E-state index contributed by atoms with van der Waals surface area (Å²) in [5, 5.41) is 4.20. The normalized spacial score (nSPS) is 10.6. The fourth-order valence-electron chi connectivity index (χ4n) is 1.47. The Balaban J connectivity index is 2.49. The monoisotopic (exact) mass is 222 g/mol. The molecule has 0 fully saturated rings. The van der Waals surface area contributed by atoms with Crippen LogP contribution in [0.1, 0.15) is 11.3 Å². The van der Waals surface area contributed by atoms with Crippen molar-refractivity contribution in [3.05, 3.63) is 47.5 Å². The number of rotatable bonds is 2. The number of nitrogens with zero attached hydrogens (tertiary/aromatic N) is 2. The summed E-state index contributed by atoms with van der Waals surface area (Å²) in [7, 11) is 0. The van der Waals surface area contributed by atoms with Gasteiger partial charge < -0.3 is 0 Å². The van der Waals surface area contributed by atoms with Crippen LogP contribution in [0, 0.1) is 12.7 Å². The lowest BCUT2D eigenvalue weighted by Crippen LogP contribution is -1.99. The Bertz CT molecular complexity index is 479. The molecule has 0 aliphatic carbocycles. The minimum Gasteiger partial charge on any atom is -0.238 e. The van der Waals surface area contributed by atoms with Gasteiger partial charge >= 0.3 is 0 Å². The van der Waals surface area contributed by atoms with Gasteiger partial charge in [0.25, 0.3) is 0 Å². The Morgan fingerprint density at radius 3 is 2.87 bits per heavy atom. The zero-order chi connectivity index (χ0) is 10.8. The van der Waals surface area contributed by atoms with Crippen LogP contribution >= 0.6 is 12.6 Å². The fraction of sp³-hybridized carbons (Fsp3) is 0.182. The van der Waals surface area contributed by atoms with Gasteiger partial charge in [-0.3, -0.25) is 0 Å². The van der Waals surface area contributed by atoms with Crippen molar-refractivity contribution in [3.63, 3.8) is 0 Å². The lowest BCUT2D eigenvalue weighted by Gasteiger charge is -2.04. The Labute approximate surface area is 93.1 Å². The molecule has 0 unspecified atom stereocenters. The van der Waals surface area contributed by atoms with Crippen molar-refractivity contribution in [1.82, 2.24) is 9.78 Å². The molecule has 0 bridgehead atoms. The van der Waals surface area contributed by atoms with Gasteiger partial charge in [0, 0.05) is 17.0 Å². The lowest BCUT2D eigenvalue weighted by atomic mass is 10.2. The zero-order valence-electron chi connectivity index (χ0n) is 8.31. The van der Waals surface area contributed by atoms with E-state index in [1.807, 2.05) is 13.0 Å². The molecule has 1 heterocycles. The van der Waals surface area contributed by atoms with E-state index in [0.29, 0.717) is 5.75 Å². The zero-order valence-corrected chi connectivity index (χ0v) is 9.21. The molecule has 2 rings (SSSR count). The first kappa shape index (κ1) is 10.2. The van der Waals surface area contributed by atoms with Crippen LogP contribution in [0.15, 0.2) is 30.5 Å². The first-order valence-electron chi connectivity index (χ1n) is 4.62. The van der Waals surface area contributed by atoms with Crippen molar-refractivity contribution in [2.75, 3.05) is 0 Å². The van der Waals surface area contributed by atoms with E-state index in [2.05, 4.69) is 17.7 Å². The average molecular weight is 222 g/mol. The number of aromatic nitrogens is 2. The number of halogens is 1. The molecule has 0 saturated heterocycles. The average Bonchev–Trinajstić information content (AvgIpc) is 2.59. The van der Waals surface area contributed by atoms with E-state index in [1.165, 1.54) is 12.1 Å². The molecule has 1 aromatic heterocycles. The highest BCUT2D eigenvalue weighted by molar-refractivity contribution is 7.79. The smallest absolute Gasteiger partial charge is 0.125 e. The molecule has 4 heteroatoms. The fourth-order valence-corrected chi connectivity index (χ4v) is 1.78. The first-order chi connectivity index (χ1) is 7.22. The van der Waals surface area contributed by atoms with Gasteiger partial charge in [-0.05, 0) is 25.1 Å². The first-order valence-corrected chi connectivity index (χ1v) is 5.26. The number of hydrogen-bond donors (Lipinski definition) is 1. The second kappa shape index (κ2) is 4.06. The van der Waals surface area contributed by atoms with Crippen LogP contribution in [0.5, 0.6) is 0 Å². The quantitative estimate of drug-likeness (QED) is 0.773. The number of thiol groups is 1. The molecule has 1 aromatic carbocycles. The summed E-state index contributed by atoms with van der Waals surface area (Å²) in [5.41, 5.74) is 2.79. The predicted molar refractivity (Wildman–Crippen MR) is 60.9 cm³/mol. The van der Waals surface area contributed by atoms with Gasteiger partial charge in [0.15, 0.2) is 0 Å². The van der Waals surface area contributed by atoms with E-state index < -0.39 is 0 Å². The highest BCUT2D eigenvalue weighted by atomic mass is 32.1. The second-order valence-corrected chi connectivity index (χ2v) is 3.62. The van der Waals surface area contributed by atoms with Crippen molar-refractivity contribution in [2.45, 2.75) is 12.7 Å². The molecule has 0 N–H and O–H groups in total. The summed E-state index contributed by atoms with van der Waals surface area (Å²) < 4.78 is 14.7. The van der Waals surface area contributed by atoms with Crippen molar-refractivity contribution in [3.8, 4) is 5.69 Å². The van der Waals surface area contributed by atoms with E-state index in [-0.39, 0.29) is 5.82 Å². The third-order valence-electron chi connectivity index (χ3n) is 2.33. The molecule has 78 valence electrons. The van der Waals surface area contributed by atoms with Crippen LogP contribution in [0.2, 0.25) is 0 Å². The Hall–Kier alpha value is -1.29. The van der Waals surface area contributed by atoms with Crippen LogP contribution < -0.4 is 0 Å². The molecule has 0 amide bonds. The van der Waals surface area contributed by atoms with Gasteiger partial charge in [-0.25, -0.2) is 9.07 Å². The van der Waals surface area contributed by atoms with E-state index in [1.54, 1.807) is 16.9 Å². The molecule has 0 aliphatic heterocycles. The highest BCUT2D eigenvalue weighted by Crippen LogP contribution is 2.15. The van der Waals surface area contributed by atoms with Crippen LogP contribution in [-0.2, 0) is 5.75 Å². The van der Waals surface area contributed by atoms with Crippen LogP contribution in [0.3, 0.4) is 0 Å². The largest absolute Gasteiger partial charge is 0.238 e. The van der Waals surface area contributed by atoms with Crippen molar-refractivity contribution >= 4 is 12.6 Å². The molecule has 15 heavy (non-hydrogen) atoms. The Kier molecular flexibility index (Phi) is 2.77. The summed E-state index contributed by atoms with van der Waals surface area (Å²) in [6.45, 7) is 1.95. The van der Waals surface area contributed by atoms with Crippen molar-refractivity contribution < 1.29 is 4.39 Å². The molecule has 2 aromatic rings. The maximum atomic E-state index is 13.0.